The van der Waals surface area contributed by atoms with Crippen molar-refractivity contribution in [3.63, 3.8) is 0 Å². The van der Waals surface area contributed by atoms with Crippen LogP contribution in [0.5, 0.6) is 0 Å². The molecular weight excluding hydrogens is 368 g/mol. The van der Waals surface area contributed by atoms with Crippen molar-refractivity contribution in [2.75, 3.05) is 7.11 Å². The largest absolute Gasteiger partial charge is 0.478 e. The molecule has 1 unspecified atom stereocenters. The molecule has 2 aliphatic carbocycles. The van der Waals surface area contributed by atoms with Crippen molar-refractivity contribution in [3.05, 3.63) is 41.9 Å². The van der Waals surface area contributed by atoms with E-state index in [-0.39, 0.29) is 17.3 Å². The zero-order chi connectivity index (χ0) is 21.2. The van der Waals surface area contributed by atoms with Gasteiger partial charge in [-0.25, -0.2) is 4.79 Å². The Morgan fingerprint density at radius 2 is 2.14 bits per heavy atom. The number of hydrogen-bond acceptors (Lipinski definition) is 4. The standard InChI is InChI=1S/C24H32O5/c1-16-6-10-20-23(2,13-5-14-24(20,3)22(27)28-4)18(16)8-7-17-12-15-29-19(17)9-11-21(25)26/h9,11-12,15,18,20H,1,5-8,10,13-14H2,2-4H3,(H,25,26)/t18-,20?,23+,24-/m0/s1. The maximum atomic E-state index is 12.7. The SMILES string of the molecule is C=C1CCC2[C@](C)(CCC[C@]2(C)C(=O)OC)[C@H]1CCc1ccoc1C=CC(=O)O. The normalized spacial score (nSPS) is 32.2. The number of carbonyl (C=O) groups excluding carboxylic acids is 1. The number of fused-ring (bicyclic) bond motifs is 1. The minimum atomic E-state index is -0.993. The molecule has 3 rings (SSSR count). The number of carboxylic acid groups (broad SMARTS) is 1. The third kappa shape index (κ3) is 3.92. The van der Waals surface area contributed by atoms with E-state index in [1.807, 2.05) is 6.07 Å². The van der Waals surface area contributed by atoms with Crippen LogP contribution >= 0.6 is 0 Å². The van der Waals surface area contributed by atoms with E-state index in [2.05, 4.69) is 20.4 Å². The van der Waals surface area contributed by atoms with E-state index >= 15 is 0 Å². The fraction of sp³-hybridized carbons (Fsp3) is 0.583. The number of rotatable bonds is 6. The molecule has 2 aliphatic rings. The quantitative estimate of drug-likeness (QED) is 0.400. The number of aryl methyl sites for hydroxylation is 1. The van der Waals surface area contributed by atoms with E-state index in [1.165, 1.54) is 18.8 Å². The smallest absolute Gasteiger partial charge is 0.328 e. The number of carbonyl (C=O) groups is 2. The monoisotopic (exact) mass is 400 g/mol. The van der Waals surface area contributed by atoms with Gasteiger partial charge in [0.15, 0.2) is 0 Å². The molecule has 0 spiro atoms. The van der Waals surface area contributed by atoms with Crippen molar-refractivity contribution in [1.82, 2.24) is 0 Å². The summed E-state index contributed by atoms with van der Waals surface area (Å²) >= 11 is 0. The van der Waals surface area contributed by atoms with Gasteiger partial charge in [-0.3, -0.25) is 4.79 Å². The first kappa shape index (κ1) is 21.4. The minimum absolute atomic E-state index is 0.0112. The van der Waals surface area contributed by atoms with Gasteiger partial charge >= 0.3 is 11.9 Å². The van der Waals surface area contributed by atoms with Crippen LogP contribution < -0.4 is 0 Å². The van der Waals surface area contributed by atoms with Crippen molar-refractivity contribution in [2.45, 2.75) is 58.8 Å². The molecule has 5 nitrogen and oxygen atoms in total. The molecule has 1 N–H and O–H groups in total. The van der Waals surface area contributed by atoms with E-state index in [0.717, 1.165) is 56.6 Å². The highest BCUT2D eigenvalue weighted by molar-refractivity contribution is 5.85. The van der Waals surface area contributed by atoms with Crippen molar-refractivity contribution >= 4 is 18.0 Å². The van der Waals surface area contributed by atoms with Crippen LogP contribution in [0.1, 0.15) is 63.7 Å². The summed E-state index contributed by atoms with van der Waals surface area (Å²) in [5.74, 6) is 0.112. The summed E-state index contributed by atoms with van der Waals surface area (Å²) in [5.41, 5.74) is 1.85. The Labute approximate surface area is 172 Å². The Bertz CT molecular complexity index is 819. The minimum Gasteiger partial charge on any atom is -0.478 e. The second-order valence-corrected chi connectivity index (χ2v) is 9.09. The van der Waals surface area contributed by atoms with Gasteiger partial charge in [0, 0.05) is 6.08 Å². The Morgan fingerprint density at radius 3 is 2.83 bits per heavy atom. The molecular formula is C24H32O5. The van der Waals surface area contributed by atoms with Crippen LogP contribution in [0, 0.1) is 22.7 Å². The summed E-state index contributed by atoms with van der Waals surface area (Å²) in [6.07, 6.45) is 10.8. The predicted molar refractivity (Wildman–Crippen MR) is 111 cm³/mol. The number of furan rings is 1. The third-order valence-corrected chi connectivity index (χ3v) is 7.53. The predicted octanol–water partition coefficient (Wildman–Crippen LogP) is 5.26. The van der Waals surface area contributed by atoms with E-state index in [1.54, 1.807) is 6.26 Å². The van der Waals surface area contributed by atoms with Crippen LogP contribution in [-0.4, -0.2) is 24.2 Å². The van der Waals surface area contributed by atoms with Crippen LogP contribution in [0.3, 0.4) is 0 Å². The summed E-state index contributed by atoms with van der Waals surface area (Å²) in [6.45, 7) is 8.80. The fourth-order valence-electron chi connectivity index (χ4n) is 6.11. The summed E-state index contributed by atoms with van der Waals surface area (Å²) < 4.78 is 10.7. The molecule has 5 heteroatoms. The van der Waals surface area contributed by atoms with Crippen LogP contribution in [0.15, 0.2) is 35.0 Å². The Morgan fingerprint density at radius 1 is 1.38 bits per heavy atom. The fourth-order valence-corrected chi connectivity index (χ4v) is 6.11. The molecule has 0 saturated heterocycles. The van der Waals surface area contributed by atoms with Gasteiger partial charge in [0.25, 0.3) is 0 Å². The molecule has 29 heavy (non-hydrogen) atoms. The number of esters is 1. The van der Waals surface area contributed by atoms with Gasteiger partial charge in [0.2, 0.25) is 0 Å². The number of hydrogen-bond donors (Lipinski definition) is 1. The third-order valence-electron chi connectivity index (χ3n) is 7.53. The van der Waals surface area contributed by atoms with Crippen LogP contribution in [-0.2, 0) is 20.7 Å². The maximum Gasteiger partial charge on any atom is 0.328 e. The van der Waals surface area contributed by atoms with E-state index in [0.29, 0.717) is 11.7 Å². The molecule has 2 fully saturated rings. The number of ether oxygens (including phenoxy) is 1. The Balaban J connectivity index is 1.82. The van der Waals surface area contributed by atoms with Crippen molar-refractivity contribution in [3.8, 4) is 0 Å². The summed E-state index contributed by atoms with van der Waals surface area (Å²) in [6, 6.07) is 1.91. The van der Waals surface area contributed by atoms with Crippen molar-refractivity contribution in [1.29, 1.82) is 0 Å². The van der Waals surface area contributed by atoms with Gasteiger partial charge in [-0.05, 0) is 80.4 Å². The van der Waals surface area contributed by atoms with Gasteiger partial charge in [-0.1, -0.05) is 25.5 Å². The number of carboxylic acids is 1. The van der Waals surface area contributed by atoms with Crippen LogP contribution in [0.25, 0.3) is 6.08 Å². The first-order valence-electron chi connectivity index (χ1n) is 10.5. The highest BCUT2D eigenvalue weighted by Crippen LogP contribution is 2.62. The lowest BCUT2D eigenvalue weighted by atomic mass is 9.46. The van der Waals surface area contributed by atoms with Crippen molar-refractivity contribution in [2.24, 2.45) is 22.7 Å². The van der Waals surface area contributed by atoms with E-state index in [4.69, 9.17) is 14.3 Å². The average Bonchev–Trinajstić information content (AvgIpc) is 3.12. The molecule has 0 aromatic carbocycles. The first-order chi connectivity index (χ1) is 13.7. The lowest BCUT2D eigenvalue weighted by Gasteiger charge is -2.57. The molecule has 0 radical (unpaired) electrons. The lowest BCUT2D eigenvalue weighted by Crippen LogP contribution is -2.53. The number of aliphatic carboxylic acids is 1. The van der Waals surface area contributed by atoms with Gasteiger partial charge in [0.1, 0.15) is 5.76 Å². The van der Waals surface area contributed by atoms with E-state index < -0.39 is 11.4 Å². The second-order valence-electron chi connectivity index (χ2n) is 9.09. The van der Waals surface area contributed by atoms with Crippen LogP contribution in [0.4, 0.5) is 0 Å². The number of allylic oxidation sites excluding steroid dienone is 1. The molecule has 158 valence electrons. The average molecular weight is 401 g/mol. The van der Waals surface area contributed by atoms with Gasteiger partial charge in [0.05, 0.1) is 18.8 Å². The molecule has 0 aliphatic heterocycles. The molecule has 4 atom stereocenters. The summed E-state index contributed by atoms with van der Waals surface area (Å²) in [4.78, 5) is 23.5. The van der Waals surface area contributed by atoms with Gasteiger partial charge in [-0.15, -0.1) is 0 Å². The van der Waals surface area contributed by atoms with Gasteiger partial charge in [-0.2, -0.15) is 0 Å². The highest BCUT2D eigenvalue weighted by atomic mass is 16.5. The Hall–Kier alpha value is -2.30. The topological polar surface area (TPSA) is 76.7 Å². The zero-order valence-electron chi connectivity index (χ0n) is 17.7. The lowest BCUT2D eigenvalue weighted by molar-refractivity contribution is -0.168. The molecule has 2 saturated carbocycles. The number of methoxy groups -OCH3 is 1. The summed E-state index contributed by atoms with van der Waals surface area (Å²) in [5, 5.41) is 8.87. The maximum absolute atomic E-state index is 12.7. The second kappa shape index (κ2) is 8.21. The molecule has 0 amide bonds. The molecule has 0 bridgehead atoms. The van der Waals surface area contributed by atoms with Crippen LogP contribution in [0.2, 0.25) is 0 Å². The molecule has 1 aromatic rings. The highest BCUT2D eigenvalue weighted by Gasteiger charge is 2.57. The summed E-state index contributed by atoms with van der Waals surface area (Å²) in [7, 11) is 1.49. The first-order valence-corrected chi connectivity index (χ1v) is 10.5. The molecule has 1 aromatic heterocycles. The van der Waals surface area contributed by atoms with Gasteiger partial charge < -0.3 is 14.3 Å². The van der Waals surface area contributed by atoms with E-state index in [9.17, 15) is 9.59 Å². The Kier molecular flexibility index (Phi) is 6.06. The zero-order valence-corrected chi connectivity index (χ0v) is 17.7. The van der Waals surface area contributed by atoms with Crippen molar-refractivity contribution < 1.29 is 23.8 Å². The molecule has 1 heterocycles.